The Labute approximate surface area is 80.6 Å². The van der Waals surface area contributed by atoms with Crippen molar-refractivity contribution in [3.63, 3.8) is 0 Å². The highest BCUT2D eigenvalue weighted by atomic mass is 32.1. The summed E-state index contributed by atoms with van der Waals surface area (Å²) in [7, 11) is 0. The topological polar surface area (TPSA) is 48.6 Å². The van der Waals surface area contributed by atoms with E-state index < -0.39 is 0 Å². The minimum atomic E-state index is -0.168. The molecule has 0 spiro atoms. The molecule has 0 aliphatic rings. The second-order valence-corrected chi connectivity index (χ2v) is 3.83. The Hall–Kier alpha value is -1.16. The lowest BCUT2D eigenvalue weighted by atomic mass is 10.1. The Kier molecular flexibility index (Phi) is 1.92. The summed E-state index contributed by atoms with van der Waals surface area (Å²) >= 11 is 4.32. The standard InChI is InChI=1S/C9H10N2OS/c1-5(13)6-2-3-7-8(4-6)11-9(12)10-7/h2-5,13H,1H3,(H2,10,11,12). The largest absolute Gasteiger partial charge is 0.323 e. The summed E-state index contributed by atoms with van der Waals surface area (Å²) in [6, 6.07) is 5.78. The minimum Gasteiger partial charge on any atom is -0.306 e. The lowest BCUT2D eigenvalue weighted by Crippen LogP contribution is -1.99. The maximum Gasteiger partial charge on any atom is 0.323 e. The van der Waals surface area contributed by atoms with Crippen molar-refractivity contribution < 1.29 is 0 Å². The highest BCUT2D eigenvalue weighted by molar-refractivity contribution is 7.80. The van der Waals surface area contributed by atoms with E-state index in [9.17, 15) is 4.79 Å². The first-order chi connectivity index (χ1) is 6.16. The van der Waals surface area contributed by atoms with Crippen LogP contribution in [0, 0.1) is 0 Å². The molecule has 0 aliphatic carbocycles. The molecular formula is C9H10N2OS. The normalized spacial score (nSPS) is 13.4. The Morgan fingerprint density at radius 3 is 2.69 bits per heavy atom. The smallest absolute Gasteiger partial charge is 0.306 e. The fourth-order valence-electron chi connectivity index (χ4n) is 1.31. The minimum absolute atomic E-state index is 0.168. The van der Waals surface area contributed by atoms with Gasteiger partial charge in [-0.3, -0.25) is 0 Å². The van der Waals surface area contributed by atoms with Gasteiger partial charge >= 0.3 is 5.69 Å². The Balaban J connectivity index is 2.68. The summed E-state index contributed by atoms with van der Waals surface area (Å²) in [5, 5.41) is 0.183. The van der Waals surface area contributed by atoms with Crippen LogP contribution in [-0.2, 0) is 0 Å². The molecule has 1 aromatic carbocycles. The van der Waals surface area contributed by atoms with Crippen molar-refractivity contribution in [2.24, 2.45) is 0 Å². The summed E-state index contributed by atoms with van der Waals surface area (Å²) < 4.78 is 0. The van der Waals surface area contributed by atoms with E-state index >= 15 is 0 Å². The zero-order valence-electron chi connectivity index (χ0n) is 7.16. The zero-order chi connectivity index (χ0) is 9.42. The lowest BCUT2D eigenvalue weighted by molar-refractivity contribution is 1.11. The number of rotatable bonds is 1. The number of nitrogens with one attached hydrogen (secondary N) is 2. The number of imidazole rings is 1. The monoisotopic (exact) mass is 194 g/mol. The first-order valence-electron chi connectivity index (χ1n) is 4.07. The van der Waals surface area contributed by atoms with E-state index in [0.29, 0.717) is 0 Å². The van der Waals surface area contributed by atoms with E-state index in [2.05, 4.69) is 22.6 Å². The second kappa shape index (κ2) is 2.96. The van der Waals surface area contributed by atoms with Gasteiger partial charge in [-0.1, -0.05) is 6.07 Å². The van der Waals surface area contributed by atoms with Gasteiger partial charge in [0.2, 0.25) is 0 Å². The molecule has 0 aliphatic heterocycles. The molecule has 2 rings (SSSR count). The van der Waals surface area contributed by atoms with Gasteiger partial charge in [0.15, 0.2) is 0 Å². The van der Waals surface area contributed by atoms with E-state index in [1.807, 2.05) is 25.1 Å². The fourth-order valence-corrected chi connectivity index (χ4v) is 1.47. The maximum atomic E-state index is 10.9. The predicted octanol–water partition coefficient (Wildman–Crippen LogP) is 1.85. The van der Waals surface area contributed by atoms with Gasteiger partial charge in [0.25, 0.3) is 0 Å². The molecule has 4 heteroatoms. The van der Waals surface area contributed by atoms with Gasteiger partial charge in [-0.05, 0) is 24.6 Å². The van der Waals surface area contributed by atoms with Crippen molar-refractivity contribution in [2.75, 3.05) is 0 Å². The van der Waals surface area contributed by atoms with Crippen LogP contribution >= 0.6 is 12.6 Å². The average Bonchev–Trinajstić information content (AvgIpc) is 2.42. The molecule has 1 atom stereocenters. The van der Waals surface area contributed by atoms with Crippen LogP contribution in [0.15, 0.2) is 23.0 Å². The van der Waals surface area contributed by atoms with Crippen LogP contribution in [0.2, 0.25) is 0 Å². The average molecular weight is 194 g/mol. The van der Waals surface area contributed by atoms with Gasteiger partial charge in [0.1, 0.15) is 0 Å². The molecule has 1 heterocycles. The van der Waals surface area contributed by atoms with Gasteiger partial charge in [-0.2, -0.15) is 12.6 Å². The van der Waals surface area contributed by atoms with Crippen molar-refractivity contribution in [3.05, 3.63) is 34.2 Å². The summed E-state index contributed by atoms with van der Waals surface area (Å²) in [6.45, 7) is 2.00. The first kappa shape index (κ1) is 8.44. The second-order valence-electron chi connectivity index (χ2n) is 3.06. The number of thiol groups is 1. The van der Waals surface area contributed by atoms with Gasteiger partial charge in [0, 0.05) is 5.25 Å². The van der Waals surface area contributed by atoms with Gasteiger partial charge in [0.05, 0.1) is 11.0 Å². The quantitative estimate of drug-likeness (QED) is 0.596. The third-order valence-electron chi connectivity index (χ3n) is 2.02. The molecule has 2 aromatic rings. The van der Waals surface area contributed by atoms with E-state index in [4.69, 9.17) is 0 Å². The molecule has 0 saturated heterocycles. The van der Waals surface area contributed by atoms with Crippen molar-refractivity contribution in [3.8, 4) is 0 Å². The summed E-state index contributed by atoms with van der Waals surface area (Å²) in [6.07, 6.45) is 0. The molecule has 1 aromatic heterocycles. The number of aromatic nitrogens is 2. The van der Waals surface area contributed by atoms with Crippen LogP contribution in [0.5, 0.6) is 0 Å². The summed E-state index contributed by atoms with van der Waals surface area (Å²) in [5.41, 5.74) is 2.61. The number of H-pyrrole nitrogens is 2. The Bertz CT molecular complexity index is 484. The SMILES string of the molecule is CC(S)c1ccc2[nH]c(=O)[nH]c2c1. The number of hydrogen-bond acceptors (Lipinski definition) is 2. The first-order valence-corrected chi connectivity index (χ1v) is 4.58. The van der Waals surface area contributed by atoms with Crippen LogP contribution in [-0.4, -0.2) is 9.97 Å². The molecule has 3 nitrogen and oxygen atoms in total. The molecule has 1 unspecified atom stereocenters. The Morgan fingerprint density at radius 2 is 2.00 bits per heavy atom. The van der Waals surface area contributed by atoms with E-state index in [1.54, 1.807) is 0 Å². The lowest BCUT2D eigenvalue weighted by Gasteiger charge is -2.02. The van der Waals surface area contributed by atoms with E-state index in [0.717, 1.165) is 16.6 Å². The van der Waals surface area contributed by atoms with Crippen LogP contribution in [0.25, 0.3) is 11.0 Å². The maximum absolute atomic E-state index is 10.9. The van der Waals surface area contributed by atoms with Gasteiger partial charge in [-0.25, -0.2) is 4.79 Å². The highest BCUT2D eigenvalue weighted by Crippen LogP contribution is 2.21. The third kappa shape index (κ3) is 1.49. The van der Waals surface area contributed by atoms with Crippen LogP contribution in [0.3, 0.4) is 0 Å². The molecule has 13 heavy (non-hydrogen) atoms. The van der Waals surface area contributed by atoms with Gasteiger partial charge in [-0.15, -0.1) is 0 Å². The summed E-state index contributed by atoms with van der Waals surface area (Å²) in [4.78, 5) is 16.3. The van der Waals surface area contributed by atoms with Crippen molar-refractivity contribution in [2.45, 2.75) is 12.2 Å². The molecule has 0 bridgehead atoms. The van der Waals surface area contributed by atoms with Crippen LogP contribution in [0.1, 0.15) is 17.7 Å². The van der Waals surface area contributed by atoms with Gasteiger partial charge < -0.3 is 9.97 Å². The fraction of sp³-hybridized carbons (Fsp3) is 0.222. The third-order valence-corrected chi connectivity index (χ3v) is 2.32. The molecule has 2 N–H and O–H groups in total. The molecule has 68 valence electrons. The van der Waals surface area contributed by atoms with Crippen molar-refractivity contribution in [1.29, 1.82) is 0 Å². The van der Waals surface area contributed by atoms with Crippen molar-refractivity contribution >= 4 is 23.7 Å². The number of benzene rings is 1. The van der Waals surface area contributed by atoms with Crippen LogP contribution in [0.4, 0.5) is 0 Å². The molecule has 0 saturated carbocycles. The van der Waals surface area contributed by atoms with E-state index in [1.165, 1.54) is 0 Å². The van der Waals surface area contributed by atoms with Crippen LogP contribution < -0.4 is 5.69 Å². The highest BCUT2D eigenvalue weighted by Gasteiger charge is 2.02. The van der Waals surface area contributed by atoms with E-state index in [-0.39, 0.29) is 10.9 Å². The molecule has 0 fully saturated rings. The van der Waals surface area contributed by atoms with Crippen molar-refractivity contribution in [1.82, 2.24) is 9.97 Å². The molecular weight excluding hydrogens is 184 g/mol. The number of aromatic amines is 2. The number of fused-ring (bicyclic) bond motifs is 1. The predicted molar refractivity (Wildman–Crippen MR) is 56.3 cm³/mol. The summed E-state index contributed by atoms with van der Waals surface area (Å²) in [5.74, 6) is 0. The Morgan fingerprint density at radius 1 is 1.31 bits per heavy atom. The molecule has 0 amide bonds. The number of hydrogen-bond donors (Lipinski definition) is 3. The molecule has 0 radical (unpaired) electrons. The zero-order valence-corrected chi connectivity index (χ0v) is 8.06.